The first kappa shape index (κ1) is 20.8. The maximum Gasteiger partial charge on any atom is 0.304 e. The molecule has 132 valence electrons. The zero-order valence-electron chi connectivity index (χ0n) is 12.7. The molecule has 4 N–H and O–H groups in total. The Morgan fingerprint density at radius 1 is 0.522 bits per heavy atom. The molecule has 10 heteroatoms. The van der Waals surface area contributed by atoms with Crippen LogP contribution < -0.4 is 0 Å². The summed E-state index contributed by atoms with van der Waals surface area (Å²) < 4.78 is 0. The summed E-state index contributed by atoms with van der Waals surface area (Å²) in [5.74, 6) is -4.14. The van der Waals surface area contributed by atoms with Gasteiger partial charge in [0.15, 0.2) is 0 Å². The highest BCUT2D eigenvalue weighted by molar-refractivity contribution is 5.68. The first-order valence-electron chi connectivity index (χ1n) is 7.02. The zero-order valence-corrected chi connectivity index (χ0v) is 12.7. The second-order valence-electron chi connectivity index (χ2n) is 4.95. The SMILES string of the molecule is O=C(O)CCN(CCC(=O)O)CN(CCC(=O)O)CCC(=O)O. The number of carboxylic acids is 4. The van der Waals surface area contributed by atoms with Gasteiger partial charge in [-0.3, -0.25) is 29.0 Å². The van der Waals surface area contributed by atoms with Gasteiger partial charge in [-0.1, -0.05) is 0 Å². The molecule has 0 radical (unpaired) electrons. The Morgan fingerprint density at radius 3 is 0.913 bits per heavy atom. The van der Waals surface area contributed by atoms with Crippen molar-refractivity contribution < 1.29 is 39.6 Å². The molecule has 0 heterocycles. The van der Waals surface area contributed by atoms with Gasteiger partial charge in [0.25, 0.3) is 0 Å². The van der Waals surface area contributed by atoms with E-state index in [4.69, 9.17) is 20.4 Å². The molecule has 0 aliphatic heterocycles. The van der Waals surface area contributed by atoms with Crippen molar-refractivity contribution in [2.75, 3.05) is 32.8 Å². The van der Waals surface area contributed by atoms with Crippen LogP contribution in [0.25, 0.3) is 0 Å². The molecule has 10 nitrogen and oxygen atoms in total. The molecule has 0 bridgehead atoms. The molecular weight excluding hydrogens is 312 g/mol. The molecule has 0 spiro atoms. The van der Waals surface area contributed by atoms with Crippen LogP contribution in [0.5, 0.6) is 0 Å². The lowest BCUT2D eigenvalue weighted by Crippen LogP contribution is -2.41. The number of nitrogens with zero attached hydrogens (tertiary/aromatic N) is 2. The standard InChI is InChI=1S/C13H22N2O8/c16-10(17)1-5-14(6-2-11(18)19)9-15(7-3-12(20)21)8-4-13(22)23/h1-9H2,(H,16,17)(H,18,19)(H,20,21)(H,22,23). The third-order valence-corrected chi connectivity index (χ3v) is 2.97. The van der Waals surface area contributed by atoms with Crippen LogP contribution in [0.1, 0.15) is 25.7 Å². The Morgan fingerprint density at radius 2 is 0.739 bits per heavy atom. The van der Waals surface area contributed by atoms with E-state index < -0.39 is 23.9 Å². The molecule has 0 fully saturated rings. The second kappa shape index (κ2) is 11.4. The van der Waals surface area contributed by atoms with Crippen molar-refractivity contribution in [3.63, 3.8) is 0 Å². The van der Waals surface area contributed by atoms with Gasteiger partial charge < -0.3 is 20.4 Å². The van der Waals surface area contributed by atoms with Gasteiger partial charge in [-0.15, -0.1) is 0 Å². The Kier molecular flexibility index (Phi) is 10.3. The van der Waals surface area contributed by atoms with Crippen LogP contribution in [-0.2, 0) is 19.2 Å². The van der Waals surface area contributed by atoms with Crippen molar-refractivity contribution in [2.24, 2.45) is 0 Å². The van der Waals surface area contributed by atoms with E-state index in [0.29, 0.717) is 0 Å². The molecule has 0 saturated heterocycles. The van der Waals surface area contributed by atoms with Crippen molar-refractivity contribution in [3.8, 4) is 0 Å². The van der Waals surface area contributed by atoms with Gasteiger partial charge in [-0.2, -0.15) is 0 Å². The molecule has 0 saturated carbocycles. The number of carbonyl (C=O) groups is 4. The number of carboxylic acid groups (broad SMARTS) is 4. The van der Waals surface area contributed by atoms with Gasteiger partial charge in [-0.05, 0) is 0 Å². The number of hydrogen-bond acceptors (Lipinski definition) is 6. The van der Waals surface area contributed by atoms with Gasteiger partial charge in [0, 0.05) is 26.2 Å². The molecule has 0 aromatic rings. The van der Waals surface area contributed by atoms with Crippen LogP contribution in [0.3, 0.4) is 0 Å². The fraction of sp³-hybridized carbons (Fsp3) is 0.692. The first-order chi connectivity index (χ1) is 10.7. The number of rotatable bonds is 14. The van der Waals surface area contributed by atoms with Crippen molar-refractivity contribution in [1.82, 2.24) is 9.80 Å². The average molecular weight is 334 g/mol. The van der Waals surface area contributed by atoms with Crippen molar-refractivity contribution >= 4 is 23.9 Å². The quantitative estimate of drug-likeness (QED) is 0.304. The van der Waals surface area contributed by atoms with E-state index in [2.05, 4.69) is 0 Å². The van der Waals surface area contributed by atoms with Crippen LogP contribution in [0.2, 0.25) is 0 Å². The fourth-order valence-corrected chi connectivity index (χ4v) is 1.80. The highest BCUT2D eigenvalue weighted by atomic mass is 16.4. The predicted molar refractivity (Wildman–Crippen MR) is 77.0 cm³/mol. The van der Waals surface area contributed by atoms with Gasteiger partial charge >= 0.3 is 23.9 Å². The van der Waals surface area contributed by atoms with Gasteiger partial charge in [-0.25, -0.2) is 0 Å². The van der Waals surface area contributed by atoms with Crippen molar-refractivity contribution in [1.29, 1.82) is 0 Å². The molecule has 23 heavy (non-hydrogen) atoms. The minimum absolute atomic E-state index is 0.0965. The molecule has 0 unspecified atom stereocenters. The number of hydrogen-bond donors (Lipinski definition) is 4. The molecule has 0 aliphatic rings. The average Bonchev–Trinajstić information content (AvgIpc) is 2.43. The molecule has 0 aromatic heterocycles. The lowest BCUT2D eigenvalue weighted by Gasteiger charge is -2.29. The summed E-state index contributed by atoms with van der Waals surface area (Å²) in [5, 5.41) is 34.9. The van der Waals surface area contributed by atoms with Crippen molar-refractivity contribution in [3.05, 3.63) is 0 Å². The Labute approximate surface area is 132 Å². The van der Waals surface area contributed by atoms with Gasteiger partial charge in [0.2, 0.25) is 0 Å². The highest BCUT2D eigenvalue weighted by Crippen LogP contribution is 2.02. The summed E-state index contributed by atoms with van der Waals surface area (Å²) in [6.45, 7) is 0.498. The van der Waals surface area contributed by atoms with E-state index in [0.717, 1.165) is 0 Å². The molecular formula is C13H22N2O8. The molecule has 0 aromatic carbocycles. The Balaban J connectivity index is 4.67. The number of aliphatic carboxylic acids is 4. The Hall–Kier alpha value is -2.20. The fourth-order valence-electron chi connectivity index (χ4n) is 1.80. The van der Waals surface area contributed by atoms with E-state index in [-0.39, 0.29) is 58.5 Å². The minimum Gasteiger partial charge on any atom is -0.481 e. The lowest BCUT2D eigenvalue weighted by molar-refractivity contribution is -0.138. The molecule has 0 atom stereocenters. The maximum atomic E-state index is 10.6. The Bertz CT molecular complexity index is 352. The maximum absolute atomic E-state index is 10.6. The summed E-state index contributed by atoms with van der Waals surface area (Å²) in [5.41, 5.74) is 0. The topological polar surface area (TPSA) is 156 Å². The first-order valence-corrected chi connectivity index (χ1v) is 7.02. The van der Waals surface area contributed by atoms with Crippen molar-refractivity contribution in [2.45, 2.75) is 25.7 Å². The monoisotopic (exact) mass is 334 g/mol. The molecule has 0 aliphatic carbocycles. The third kappa shape index (κ3) is 13.2. The molecule has 0 amide bonds. The predicted octanol–water partition coefficient (Wildman–Crippen LogP) is -0.553. The largest absolute Gasteiger partial charge is 0.481 e. The van der Waals surface area contributed by atoms with Crippen LogP contribution in [0.15, 0.2) is 0 Å². The third-order valence-electron chi connectivity index (χ3n) is 2.97. The van der Waals surface area contributed by atoms with E-state index in [9.17, 15) is 19.2 Å². The summed E-state index contributed by atoms with van der Waals surface area (Å²) >= 11 is 0. The van der Waals surface area contributed by atoms with Crippen LogP contribution in [0, 0.1) is 0 Å². The van der Waals surface area contributed by atoms with E-state index in [1.54, 1.807) is 9.80 Å². The van der Waals surface area contributed by atoms with E-state index in [1.807, 2.05) is 0 Å². The van der Waals surface area contributed by atoms with Gasteiger partial charge in [0.1, 0.15) is 0 Å². The minimum atomic E-state index is -1.03. The summed E-state index contributed by atoms with van der Waals surface area (Å²) in [7, 11) is 0. The normalized spacial score (nSPS) is 10.9. The van der Waals surface area contributed by atoms with Crippen LogP contribution in [0.4, 0.5) is 0 Å². The summed E-state index contributed by atoms with van der Waals surface area (Å²) in [6, 6.07) is 0. The van der Waals surface area contributed by atoms with Crippen LogP contribution in [-0.4, -0.2) is 87.0 Å². The van der Waals surface area contributed by atoms with E-state index >= 15 is 0 Å². The zero-order chi connectivity index (χ0) is 17.8. The van der Waals surface area contributed by atoms with Crippen LogP contribution >= 0.6 is 0 Å². The molecule has 0 rings (SSSR count). The van der Waals surface area contributed by atoms with E-state index in [1.165, 1.54) is 0 Å². The smallest absolute Gasteiger partial charge is 0.304 e. The van der Waals surface area contributed by atoms with Gasteiger partial charge in [0.05, 0.1) is 32.4 Å². The lowest BCUT2D eigenvalue weighted by atomic mass is 10.3. The highest BCUT2D eigenvalue weighted by Gasteiger charge is 2.16. The summed E-state index contributed by atoms with van der Waals surface area (Å²) in [4.78, 5) is 45.7. The second-order valence-corrected chi connectivity index (χ2v) is 4.95. The summed E-state index contributed by atoms with van der Waals surface area (Å²) in [6.07, 6.45) is -0.757.